The van der Waals surface area contributed by atoms with Gasteiger partial charge in [0.05, 0.1) is 6.04 Å². The second-order valence-corrected chi connectivity index (χ2v) is 6.70. The van der Waals surface area contributed by atoms with Gasteiger partial charge in [0.25, 0.3) is 5.91 Å². The Balaban J connectivity index is 1.57. The summed E-state index contributed by atoms with van der Waals surface area (Å²) in [6, 6.07) is 6.93. The van der Waals surface area contributed by atoms with Crippen molar-refractivity contribution in [1.29, 1.82) is 0 Å². The Bertz CT molecular complexity index is 883. The average Bonchev–Trinajstić information content (AvgIpc) is 3.52. The summed E-state index contributed by atoms with van der Waals surface area (Å²) in [4.78, 5) is 32.2. The Kier molecular flexibility index (Phi) is 6.00. The second-order valence-electron chi connectivity index (χ2n) is 6.70. The summed E-state index contributed by atoms with van der Waals surface area (Å²) in [6.07, 6.45) is -1.36. The molecule has 2 N–H and O–H groups in total. The van der Waals surface area contributed by atoms with Crippen LogP contribution < -0.4 is 15.4 Å². The molecule has 1 aromatic carbocycles. The number of nitrogens with zero attached hydrogens (tertiary/aromatic N) is 2. The molecule has 1 aliphatic rings. The number of carbonyl (C=O) groups excluding carboxylic acids is 2. The minimum atomic E-state index is -4.41. The highest BCUT2D eigenvalue weighted by Crippen LogP contribution is 2.29. The maximum Gasteiger partial charge on any atom is 0.422 e. The predicted octanol–water partition coefficient (Wildman–Crippen LogP) is 3.26. The first kappa shape index (κ1) is 20.6. The lowest BCUT2D eigenvalue weighted by atomic mass is 10.1. The first-order valence-corrected chi connectivity index (χ1v) is 8.95. The number of aromatic nitrogens is 2. The fraction of sp³-hybridized carbons (Fsp3) is 0.368. The molecule has 0 saturated heterocycles. The molecule has 1 saturated carbocycles. The van der Waals surface area contributed by atoms with Gasteiger partial charge in [-0.15, -0.1) is 0 Å². The summed E-state index contributed by atoms with van der Waals surface area (Å²) in [7, 11) is 0. The van der Waals surface area contributed by atoms with Crippen LogP contribution in [-0.4, -0.2) is 34.6 Å². The maximum absolute atomic E-state index is 12.4. The van der Waals surface area contributed by atoms with Crippen LogP contribution in [-0.2, 0) is 4.79 Å². The van der Waals surface area contributed by atoms with E-state index in [9.17, 15) is 22.8 Å². The number of benzene rings is 1. The van der Waals surface area contributed by atoms with Crippen LogP contribution in [0.1, 0.15) is 41.9 Å². The zero-order chi connectivity index (χ0) is 21.0. The first-order valence-electron chi connectivity index (χ1n) is 8.95. The number of halogens is 3. The molecule has 1 fully saturated rings. The summed E-state index contributed by atoms with van der Waals surface area (Å²) in [5.41, 5.74) is 0.761. The van der Waals surface area contributed by atoms with E-state index < -0.39 is 24.7 Å². The minimum absolute atomic E-state index is 0.0146. The molecule has 0 aliphatic heterocycles. The normalized spacial score (nSPS) is 14.8. The highest BCUT2D eigenvalue weighted by atomic mass is 19.4. The molecule has 1 aromatic heterocycles. The third-order valence-electron chi connectivity index (χ3n) is 4.20. The lowest BCUT2D eigenvalue weighted by Crippen LogP contribution is -2.28. The van der Waals surface area contributed by atoms with Gasteiger partial charge in [0, 0.05) is 12.1 Å². The van der Waals surface area contributed by atoms with Crippen molar-refractivity contribution in [3.63, 3.8) is 0 Å². The Morgan fingerprint density at radius 2 is 1.90 bits per heavy atom. The van der Waals surface area contributed by atoms with Gasteiger partial charge in [-0.1, -0.05) is 12.1 Å². The number of carbonyl (C=O) groups is 2. The summed E-state index contributed by atoms with van der Waals surface area (Å²) in [5, 5.41) is 5.32. The summed E-state index contributed by atoms with van der Waals surface area (Å²) in [6.45, 7) is 0.354. The Hall–Kier alpha value is -3.17. The van der Waals surface area contributed by atoms with Crippen LogP contribution in [0, 0.1) is 5.92 Å². The summed E-state index contributed by atoms with van der Waals surface area (Å²) >= 11 is 0. The number of amides is 2. The SMILES string of the molecule is CC(NC(=O)c1ccnc(NC(=O)C2CC2)n1)c1ccc(OCC(F)(F)F)cc1. The van der Waals surface area contributed by atoms with Gasteiger partial charge in [-0.25, -0.2) is 9.97 Å². The van der Waals surface area contributed by atoms with Crippen LogP contribution in [0.3, 0.4) is 0 Å². The number of alkyl halides is 3. The van der Waals surface area contributed by atoms with Gasteiger partial charge in [-0.05, 0) is 43.5 Å². The molecular weight excluding hydrogens is 389 g/mol. The fourth-order valence-electron chi connectivity index (χ4n) is 2.47. The molecule has 3 rings (SSSR count). The number of ether oxygens (including phenoxy) is 1. The average molecular weight is 408 g/mol. The predicted molar refractivity (Wildman–Crippen MR) is 97.3 cm³/mol. The van der Waals surface area contributed by atoms with Crippen molar-refractivity contribution < 1.29 is 27.5 Å². The monoisotopic (exact) mass is 408 g/mol. The molecule has 2 amide bonds. The molecule has 10 heteroatoms. The zero-order valence-corrected chi connectivity index (χ0v) is 15.5. The molecule has 0 bridgehead atoms. The van der Waals surface area contributed by atoms with Crippen LogP contribution in [0.5, 0.6) is 5.75 Å². The Labute approximate surface area is 164 Å². The summed E-state index contributed by atoms with van der Waals surface area (Å²) < 4.78 is 41.2. The molecule has 7 nitrogen and oxygen atoms in total. The van der Waals surface area contributed by atoms with Crippen molar-refractivity contribution in [2.75, 3.05) is 11.9 Å². The molecule has 1 unspecified atom stereocenters. The molecule has 1 aliphatic carbocycles. The van der Waals surface area contributed by atoms with Gasteiger partial charge >= 0.3 is 6.18 Å². The van der Waals surface area contributed by atoms with Crippen LogP contribution in [0.4, 0.5) is 19.1 Å². The third kappa shape index (κ3) is 6.16. The van der Waals surface area contributed by atoms with E-state index in [0.29, 0.717) is 5.56 Å². The van der Waals surface area contributed by atoms with Crippen molar-refractivity contribution in [3.8, 4) is 5.75 Å². The molecule has 2 aromatic rings. The van der Waals surface area contributed by atoms with Crippen LogP contribution in [0.2, 0.25) is 0 Å². The largest absolute Gasteiger partial charge is 0.484 e. The van der Waals surface area contributed by atoms with Gasteiger partial charge in [-0.2, -0.15) is 13.2 Å². The number of anilines is 1. The Morgan fingerprint density at radius 3 is 2.52 bits per heavy atom. The van der Waals surface area contributed by atoms with Gasteiger partial charge in [0.15, 0.2) is 6.61 Å². The lowest BCUT2D eigenvalue weighted by Gasteiger charge is -2.15. The van der Waals surface area contributed by atoms with Gasteiger partial charge in [0.1, 0.15) is 11.4 Å². The number of hydrogen-bond donors (Lipinski definition) is 2. The first-order chi connectivity index (χ1) is 13.7. The minimum Gasteiger partial charge on any atom is -0.484 e. The van der Waals surface area contributed by atoms with E-state index in [4.69, 9.17) is 0 Å². The van der Waals surface area contributed by atoms with E-state index in [1.54, 1.807) is 19.1 Å². The van der Waals surface area contributed by atoms with Gasteiger partial charge in [0.2, 0.25) is 11.9 Å². The van der Waals surface area contributed by atoms with E-state index in [2.05, 4.69) is 25.3 Å². The van der Waals surface area contributed by atoms with Crippen molar-refractivity contribution >= 4 is 17.8 Å². The Morgan fingerprint density at radius 1 is 1.21 bits per heavy atom. The smallest absolute Gasteiger partial charge is 0.422 e. The molecule has 0 spiro atoms. The van der Waals surface area contributed by atoms with E-state index in [1.807, 2.05) is 0 Å². The van der Waals surface area contributed by atoms with E-state index >= 15 is 0 Å². The molecular formula is C19H19F3N4O3. The van der Waals surface area contributed by atoms with E-state index in [-0.39, 0.29) is 29.2 Å². The maximum atomic E-state index is 12.4. The lowest BCUT2D eigenvalue weighted by molar-refractivity contribution is -0.153. The molecule has 0 radical (unpaired) electrons. The highest BCUT2D eigenvalue weighted by molar-refractivity contribution is 5.95. The van der Waals surface area contributed by atoms with Crippen molar-refractivity contribution in [2.24, 2.45) is 5.92 Å². The highest BCUT2D eigenvalue weighted by Gasteiger charge is 2.30. The van der Waals surface area contributed by atoms with E-state index in [0.717, 1.165) is 12.8 Å². The van der Waals surface area contributed by atoms with Gasteiger partial charge < -0.3 is 10.1 Å². The van der Waals surface area contributed by atoms with Crippen LogP contribution in [0.25, 0.3) is 0 Å². The number of rotatable bonds is 7. The standard InChI is InChI=1S/C19H19F3N4O3/c1-11(12-4-6-14(7-5-12)29-10-19(20,21)22)24-17(28)15-8-9-23-18(25-15)26-16(27)13-2-3-13/h4-9,11,13H,2-3,10H2,1H3,(H,24,28)(H,23,25,26,27). The molecule has 154 valence electrons. The van der Waals surface area contributed by atoms with Crippen molar-refractivity contribution in [1.82, 2.24) is 15.3 Å². The quantitative estimate of drug-likeness (QED) is 0.734. The third-order valence-corrected chi connectivity index (χ3v) is 4.20. The van der Waals surface area contributed by atoms with E-state index in [1.165, 1.54) is 24.4 Å². The second kappa shape index (κ2) is 8.46. The number of nitrogens with one attached hydrogen (secondary N) is 2. The van der Waals surface area contributed by atoms with Crippen molar-refractivity contribution in [2.45, 2.75) is 32.0 Å². The number of hydrogen-bond acceptors (Lipinski definition) is 5. The topological polar surface area (TPSA) is 93.2 Å². The zero-order valence-electron chi connectivity index (χ0n) is 15.5. The summed E-state index contributed by atoms with van der Waals surface area (Å²) in [5.74, 6) is -0.507. The molecule has 29 heavy (non-hydrogen) atoms. The molecule has 1 atom stereocenters. The van der Waals surface area contributed by atoms with Crippen molar-refractivity contribution in [3.05, 3.63) is 47.8 Å². The van der Waals surface area contributed by atoms with Gasteiger partial charge in [-0.3, -0.25) is 14.9 Å². The van der Waals surface area contributed by atoms with Crippen LogP contribution in [0.15, 0.2) is 36.5 Å². The fourth-order valence-corrected chi connectivity index (χ4v) is 2.47. The van der Waals surface area contributed by atoms with Crippen LogP contribution >= 0.6 is 0 Å². The molecule has 1 heterocycles.